The Morgan fingerprint density at radius 3 is 2.58 bits per heavy atom. The predicted octanol–water partition coefficient (Wildman–Crippen LogP) is 3.80. The second-order valence-electron chi connectivity index (χ2n) is 4.57. The van der Waals surface area contributed by atoms with Gasteiger partial charge in [-0.1, -0.05) is 37.8 Å². The zero-order valence-electron chi connectivity index (χ0n) is 11.6. The number of carbonyl (C=O) groups is 1. The number of unbranched alkanes of at least 4 members (excludes halogenated alkanes) is 3. The number of hydrogen-bond acceptors (Lipinski definition) is 2. The van der Waals surface area contributed by atoms with Crippen LogP contribution in [0.3, 0.4) is 0 Å². The zero-order valence-corrected chi connectivity index (χ0v) is 12.4. The van der Waals surface area contributed by atoms with Crippen LogP contribution in [0, 0.1) is 0 Å². The van der Waals surface area contributed by atoms with Crippen molar-refractivity contribution in [3.8, 4) is 5.75 Å². The second-order valence-corrected chi connectivity index (χ2v) is 5.00. The van der Waals surface area contributed by atoms with Gasteiger partial charge in [-0.25, -0.2) is 0 Å². The molecular formula is C15H22ClNO2. The van der Waals surface area contributed by atoms with Crippen molar-refractivity contribution in [2.75, 3.05) is 6.54 Å². The summed E-state index contributed by atoms with van der Waals surface area (Å²) < 4.78 is 5.54. The fourth-order valence-electron chi connectivity index (χ4n) is 1.68. The van der Waals surface area contributed by atoms with E-state index < -0.39 is 6.10 Å². The summed E-state index contributed by atoms with van der Waals surface area (Å²) in [7, 11) is 0. The smallest absolute Gasteiger partial charge is 0.260 e. The van der Waals surface area contributed by atoms with Gasteiger partial charge in [0.15, 0.2) is 6.10 Å². The Kier molecular flexibility index (Phi) is 7.34. The number of halogens is 1. The number of nitrogens with one attached hydrogen (secondary N) is 1. The molecule has 0 bridgehead atoms. The quantitative estimate of drug-likeness (QED) is 0.737. The molecular weight excluding hydrogens is 262 g/mol. The summed E-state index contributed by atoms with van der Waals surface area (Å²) in [6.45, 7) is 4.63. The van der Waals surface area contributed by atoms with Gasteiger partial charge in [-0.05, 0) is 37.6 Å². The van der Waals surface area contributed by atoms with Crippen LogP contribution < -0.4 is 10.1 Å². The molecule has 0 spiro atoms. The van der Waals surface area contributed by atoms with Crippen molar-refractivity contribution in [2.45, 2.75) is 45.6 Å². The van der Waals surface area contributed by atoms with Crippen molar-refractivity contribution in [1.82, 2.24) is 5.32 Å². The molecule has 4 heteroatoms. The number of ether oxygens (including phenoxy) is 1. The van der Waals surface area contributed by atoms with Gasteiger partial charge in [0.2, 0.25) is 0 Å². The fourth-order valence-corrected chi connectivity index (χ4v) is 1.80. The zero-order chi connectivity index (χ0) is 14.1. The monoisotopic (exact) mass is 283 g/mol. The average Bonchev–Trinajstić information content (AvgIpc) is 2.41. The third kappa shape index (κ3) is 6.48. The van der Waals surface area contributed by atoms with E-state index in [2.05, 4.69) is 12.2 Å². The molecule has 0 fully saturated rings. The lowest BCUT2D eigenvalue weighted by Crippen LogP contribution is -2.36. The first-order valence-electron chi connectivity index (χ1n) is 6.83. The van der Waals surface area contributed by atoms with Crippen LogP contribution in [0.5, 0.6) is 5.75 Å². The molecule has 1 atom stereocenters. The molecule has 1 aromatic carbocycles. The van der Waals surface area contributed by atoms with Crippen LogP contribution in [-0.4, -0.2) is 18.6 Å². The van der Waals surface area contributed by atoms with Crippen LogP contribution in [0.2, 0.25) is 5.02 Å². The van der Waals surface area contributed by atoms with E-state index in [1.807, 2.05) is 0 Å². The molecule has 1 aromatic rings. The molecule has 106 valence electrons. The van der Waals surface area contributed by atoms with Crippen molar-refractivity contribution in [3.05, 3.63) is 29.3 Å². The van der Waals surface area contributed by atoms with E-state index in [0.29, 0.717) is 17.3 Å². The Morgan fingerprint density at radius 1 is 1.26 bits per heavy atom. The SMILES string of the molecule is CCCCCCNC(=O)C(C)Oc1ccc(Cl)cc1. The molecule has 0 aliphatic rings. The normalized spacial score (nSPS) is 11.9. The van der Waals surface area contributed by atoms with Crippen LogP contribution >= 0.6 is 11.6 Å². The highest BCUT2D eigenvalue weighted by molar-refractivity contribution is 6.30. The van der Waals surface area contributed by atoms with E-state index in [9.17, 15) is 4.79 Å². The van der Waals surface area contributed by atoms with Crippen LogP contribution in [0.1, 0.15) is 39.5 Å². The Balaban J connectivity index is 2.26. The highest BCUT2D eigenvalue weighted by atomic mass is 35.5. The summed E-state index contributed by atoms with van der Waals surface area (Å²) in [6.07, 6.45) is 4.10. The van der Waals surface area contributed by atoms with Crippen molar-refractivity contribution >= 4 is 17.5 Å². The largest absolute Gasteiger partial charge is 0.481 e. The van der Waals surface area contributed by atoms with Gasteiger partial charge in [0.1, 0.15) is 5.75 Å². The van der Waals surface area contributed by atoms with Crippen molar-refractivity contribution in [3.63, 3.8) is 0 Å². The highest BCUT2D eigenvalue weighted by Gasteiger charge is 2.13. The third-order valence-corrected chi connectivity index (χ3v) is 3.08. The Hall–Kier alpha value is -1.22. The maximum atomic E-state index is 11.8. The minimum Gasteiger partial charge on any atom is -0.481 e. The summed E-state index contributed by atoms with van der Waals surface area (Å²) in [5.41, 5.74) is 0. The van der Waals surface area contributed by atoms with E-state index >= 15 is 0 Å². The van der Waals surface area contributed by atoms with E-state index in [0.717, 1.165) is 12.8 Å². The maximum Gasteiger partial charge on any atom is 0.260 e. The molecule has 1 rings (SSSR count). The lowest BCUT2D eigenvalue weighted by atomic mass is 10.2. The molecule has 19 heavy (non-hydrogen) atoms. The summed E-state index contributed by atoms with van der Waals surface area (Å²) in [4.78, 5) is 11.8. The lowest BCUT2D eigenvalue weighted by molar-refractivity contribution is -0.127. The first-order valence-corrected chi connectivity index (χ1v) is 7.21. The number of rotatable bonds is 8. The molecule has 0 heterocycles. The Labute approximate surface area is 120 Å². The average molecular weight is 284 g/mol. The Morgan fingerprint density at radius 2 is 1.95 bits per heavy atom. The minimum atomic E-state index is -0.493. The first-order chi connectivity index (χ1) is 9.13. The lowest BCUT2D eigenvalue weighted by Gasteiger charge is -2.14. The van der Waals surface area contributed by atoms with Gasteiger partial charge in [-0.3, -0.25) is 4.79 Å². The van der Waals surface area contributed by atoms with E-state index in [4.69, 9.17) is 16.3 Å². The van der Waals surface area contributed by atoms with Gasteiger partial charge in [-0.2, -0.15) is 0 Å². The molecule has 0 aliphatic carbocycles. The van der Waals surface area contributed by atoms with Crippen LogP contribution in [0.15, 0.2) is 24.3 Å². The third-order valence-electron chi connectivity index (χ3n) is 2.83. The fraction of sp³-hybridized carbons (Fsp3) is 0.533. The number of carbonyl (C=O) groups excluding carboxylic acids is 1. The maximum absolute atomic E-state index is 11.8. The molecule has 0 radical (unpaired) electrons. The van der Waals surface area contributed by atoms with Gasteiger partial charge in [0.25, 0.3) is 5.91 Å². The summed E-state index contributed by atoms with van der Waals surface area (Å²) in [6, 6.07) is 7.00. The molecule has 1 N–H and O–H groups in total. The van der Waals surface area contributed by atoms with Gasteiger partial charge >= 0.3 is 0 Å². The number of amides is 1. The molecule has 0 aromatic heterocycles. The van der Waals surface area contributed by atoms with E-state index in [-0.39, 0.29) is 5.91 Å². The van der Waals surface area contributed by atoms with Crippen LogP contribution in [-0.2, 0) is 4.79 Å². The van der Waals surface area contributed by atoms with Crippen molar-refractivity contribution in [2.24, 2.45) is 0 Å². The van der Waals surface area contributed by atoms with E-state index in [1.165, 1.54) is 12.8 Å². The Bertz CT molecular complexity index is 378. The topological polar surface area (TPSA) is 38.3 Å². The van der Waals surface area contributed by atoms with Gasteiger partial charge in [-0.15, -0.1) is 0 Å². The van der Waals surface area contributed by atoms with Crippen LogP contribution in [0.25, 0.3) is 0 Å². The van der Waals surface area contributed by atoms with Gasteiger partial charge in [0.05, 0.1) is 0 Å². The predicted molar refractivity (Wildman–Crippen MR) is 78.7 cm³/mol. The second kappa shape index (κ2) is 8.81. The molecule has 0 saturated carbocycles. The van der Waals surface area contributed by atoms with Crippen molar-refractivity contribution < 1.29 is 9.53 Å². The van der Waals surface area contributed by atoms with Gasteiger partial charge in [0, 0.05) is 11.6 Å². The molecule has 0 saturated heterocycles. The summed E-state index contributed by atoms with van der Waals surface area (Å²) >= 11 is 5.79. The summed E-state index contributed by atoms with van der Waals surface area (Å²) in [5.74, 6) is 0.574. The van der Waals surface area contributed by atoms with Crippen LogP contribution in [0.4, 0.5) is 0 Å². The standard InChI is InChI=1S/C15H22ClNO2/c1-3-4-5-6-11-17-15(18)12(2)19-14-9-7-13(16)8-10-14/h7-10,12H,3-6,11H2,1-2H3,(H,17,18). The van der Waals surface area contributed by atoms with Gasteiger partial charge < -0.3 is 10.1 Å². The minimum absolute atomic E-state index is 0.0774. The molecule has 1 unspecified atom stereocenters. The van der Waals surface area contributed by atoms with Crippen molar-refractivity contribution in [1.29, 1.82) is 0 Å². The highest BCUT2D eigenvalue weighted by Crippen LogP contribution is 2.16. The number of benzene rings is 1. The van der Waals surface area contributed by atoms with E-state index in [1.54, 1.807) is 31.2 Å². The summed E-state index contributed by atoms with van der Waals surface area (Å²) in [5, 5.41) is 3.54. The molecule has 1 amide bonds. The number of hydrogen-bond donors (Lipinski definition) is 1. The molecule has 0 aliphatic heterocycles. The first kappa shape index (κ1) is 15.8. The molecule has 3 nitrogen and oxygen atoms in total.